The van der Waals surface area contributed by atoms with E-state index in [9.17, 15) is 0 Å². The Morgan fingerprint density at radius 3 is 2.52 bits per heavy atom. The van der Waals surface area contributed by atoms with Crippen LogP contribution in [0.4, 0.5) is 0 Å². The van der Waals surface area contributed by atoms with Crippen LogP contribution in [0.15, 0.2) is 45.7 Å². The van der Waals surface area contributed by atoms with Crippen molar-refractivity contribution in [2.24, 2.45) is 9.98 Å². The van der Waals surface area contributed by atoms with Gasteiger partial charge in [0.2, 0.25) is 0 Å². The third kappa shape index (κ3) is 6.17. The summed E-state index contributed by atoms with van der Waals surface area (Å²) in [6.45, 7) is 2.98. The number of aliphatic imine (C=N–C) groups is 2. The van der Waals surface area contributed by atoms with Gasteiger partial charge in [0.15, 0.2) is 0 Å². The van der Waals surface area contributed by atoms with Crippen molar-refractivity contribution in [3.05, 3.63) is 35.8 Å². The van der Waals surface area contributed by atoms with E-state index in [4.69, 9.17) is 4.74 Å². The maximum atomic E-state index is 5.30. The van der Waals surface area contributed by atoms with E-state index in [1.165, 1.54) is 57.1 Å². The van der Waals surface area contributed by atoms with Gasteiger partial charge in [-0.1, -0.05) is 51.9 Å². The van der Waals surface area contributed by atoms with E-state index in [1.807, 2.05) is 12.2 Å². The molecule has 0 amide bonds. The Balaban J connectivity index is 1.64. The van der Waals surface area contributed by atoms with Crippen LogP contribution in [0, 0.1) is 0 Å². The Hall–Kier alpha value is -1.64. The highest BCUT2D eigenvalue weighted by atomic mass is 16.5. The lowest BCUT2D eigenvalue weighted by Gasteiger charge is -2.02. The van der Waals surface area contributed by atoms with E-state index >= 15 is 0 Å². The van der Waals surface area contributed by atoms with Crippen LogP contribution < -0.4 is 0 Å². The van der Waals surface area contributed by atoms with Crippen LogP contribution in [0.2, 0.25) is 0 Å². The van der Waals surface area contributed by atoms with E-state index in [0.29, 0.717) is 6.54 Å². The van der Waals surface area contributed by atoms with Gasteiger partial charge in [-0.25, -0.2) is 0 Å². The standard InChI is InChI=1S/C20H30N2O/c1-3-4-5-6-7-8-9-10-11-17-12-13-18(22-17)16-19-20(23-2)14-15-21-19/h12-14,16H,3-11,15H2,1-2H3. The first-order valence-corrected chi connectivity index (χ1v) is 9.10. The summed E-state index contributed by atoms with van der Waals surface area (Å²) >= 11 is 0. The number of methoxy groups -OCH3 is 1. The molecule has 2 aliphatic heterocycles. The van der Waals surface area contributed by atoms with Gasteiger partial charge in [-0.2, -0.15) is 0 Å². The van der Waals surface area contributed by atoms with Crippen LogP contribution in [0.3, 0.4) is 0 Å². The number of hydrogen-bond acceptors (Lipinski definition) is 3. The second-order valence-electron chi connectivity index (χ2n) is 6.23. The lowest BCUT2D eigenvalue weighted by Crippen LogP contribution is -1.98. The summed E-state index contributed by atoms with van der Waals surface area (Å²) in [5.41, 5.74) is 3.09. The number of hydrogen-bond donors (Lipinski definition) is 0. The third-order valence-electron chi connectivity index (χ3n) is 4.30. The molecule has 2 heterocycles. The van der Waals surface area contributed by atoms with Gasteiger partial charge >= 0.3 is 0 Å². The van der Waals surface area contributed by atoms with Gasteiger partial charge in [-0.3, -0.25) is 9.98 Å². The highest BCUT2D eigenvalue weighted by Gasteiger charge is 2.12. The largest absolute Gasteiger partial charge is 0.495 e. The summed E-state index contributed by atoms with van der Waals surface area (Å²) in [5.74, 6) is 0.859. The summed E-state index contributed by atoms with van der Waals surface area (Å²) in [4.78, 5) is 9.09. The van der Waals surface area contributed by atoms with Crippen LogP contribution in [0.1, 0.15) is 64.7 Å². The van der Waals surface area contributed by atoms with Gasteiger partial charge in [0, 0.05) is 5.71 Å². The Kier molecular flexibility index (Phi) is 7.85. The molecular weight excluding hydrogens is 284 g/mol. The molecule has 0 aromatic rings. The molecule has 3 heteroatoms. The summed E-state index contributed by atoms with van der Waals surface area (Å²) in [6, 6.07) is 0. The average molecular weight is 314 g/mol. The zero-order valence-corrected chi connectivity index (χ0v) is 14.7. The van der Waals surface area contributed by atoms with E-state index in [0.717, 1.165) is 23.6 Å². The SMILES string of the molecule is CCCCCCCCCCC1=NC(=CC2=NCC=C2OC)C=C1. The van der Waals surface area contributed by atoms with Crippen molar-refractivity contribution in [1.29, 1.82) is 0 Å². The van der Waals surface area contributed by atoms with Crippen molar-refractivity contribution >= 4 is 11.4 Å². The van der Waals surface area contributed by atoms with Gasteiger partial charge in [0.25, 0.3) is 0 Å². The predicted molar refractivity (Wildman–Crippen MR) is 99.3 cm³/mol. The van der Waals surface area contributed by atoms with Gasteiger partial charge < -0.3 is 4.74 Å². The average Bonchev–Trinajstić information content (AvgIpc) is 3.19. The molecule has 0 aliphatic carbocycles. The molecular formula is C20H30N2O. The molecule has 0 saturated carbocycles. The van der Waals surface area contributed by atoms with Gasteiger partial charge in [-0.15, -0.1) is 0 Å². The first kappa shape index (κ1) is 17.7. The van der Waals surface area contributed by atoms with Crippen molar-refractivity contribution < 1.29 is 4.74 Å². The first-order valence-electron chi connectivity index (χ1n) is 9.10. The topological polar surface area (TPSA) is 34.0 Å². The van der Waals surface area contributed by atoms with Crippen molar-refractivity contribution in [2.45, 2.75) is 64.7 Å². The Labute approximate surface area is 140 Å². The quantitative estimate of drug-likeness (QED) is 0.470. The second-order valence-corrected chi connectivity index (χ2v) is 6.23. The number of nitrogens with zero attached hydrogens (tertiary/aromatic N) is 2. The van der Waals surface area contributed by atoms with Crippen LogP contribution in [-0.4, -0.2) is 25.1 Å². The zero-order valence-electron chi connectivity index (χ0n) is 14.7. The number of allylic oxidation sites excluding steroid dienone is 3. The molecule has 0 spiro atoms. The Morgan fingerprint density at radius 2 is 1.78 bits per heavy atom. The highest BCUT2D eigenvalue weighted by molar-refractivity contribution is 6.10. The smallest absolute Gasteiger partial charge is 0.141 e. The number of unbranched alkanes of at least 4 members (excludes halogenated alkanes) is 7. The molecule has 23 heavy (non-hydrogen) atoms. The fourth-order valence-electron chi connectivity index (χ4n) is 2.94. The van der Waals surface area contributed by atoms with Crippen molar-refractivity contribution in [1.82, 2.24) is 0 Å². The monoisotopic (exact) mass is 314 g/mol. The predicted octanol–water partition coefficient (Wildman–Crippen LogP) is 5.40. The van der Waals surface area contributed by atoms with Crippen LogP contribution >= 0.6 is 0 Å². The van der Waals surface area contributed by atoms with Gasteiger partial charge in [-0.05, 0) is 37.1 Å². The summed E-state index contributed by atoms with van der Waals surface area (Å²) in [5, 5.41) is 0. The molecule has 0 N–H and O–H groups in total. The van der Waals surface area contributed by atoms with Crippen molar-refractivity contribution in [3.63, 3.8) is 0 Å². The molecule has 0 aromatic carbocycles. The molecule has 0 saturated heterocycles. The molecule has 0 atom stereocenters. The maximum Gasteiger partial charge on any atom is 0.141 e. The molecule has 0 unspecified atom stereocenters. The lowest BCUT2D eigenvalue weighted by atomic mass is 10.1. The van der Waals surface area contributed by atoms with Crippen LogP contribution in [0.5, 0.6) is 0 Å². The molecule has 0 fully saturated rings. The molecule has 0 radical (unpaired) electrons. The zero-order chi connectivity index (χ0) is 16.3. The minimum atomic E-state index is 0.709. The molecule has 3 nitrogen and oxygen atoms in total. The Morgan fingerprint density at radius 1 is 1.04 bits per heavy atom. The fourth-order valence-corrected chi connectivity index (χ4v) is 2.94. The summed E-state index contributed by atoms with van der Waals surface area (Å²) < 4.78 is 5.30. The van der Waals surface area contributed by atoms with Gasteiger partial charge in [0.1, 0.15) is 11.5 Å². The Bertz CT molecular complexity index is 524. The summed E-state index contributed by atoms with van der Waals surface area (Å²) in [7, 11) is 1.69. The molecule has 126 valence electrons. The fraction of sp³-hybridized carbons (Fsp3) is 0.600. The maximum absolute atomic E-state index is 5.30. The second kappa shape index (κ2) is 10.2. The summed E-state index contributed by atoms with van der Waals surface area (Å²) in [6.07, 6.45) is 20.2. The number of ether oxygens (including phenoxy) is 1. The van der Waals surface area contributed by atoms with Crippen molar-refractivity contribution in [2.75, 3.05) is 13.7 Å². The minimum Gasteiger partial charge on any atom is -0.495 e. The van der Waals surface area contributed by atoms with Gasteiger partial charge in [0.05, 0.1) is 19.4 Å². The van der Waals surface area contributed by atoms with E-state index in [1.54, 1.807) is 7.11 Å². The molecule has 0 aromatic heterocycles. The third-order valence-corrected chi connectivity index (χ3v) is 4.30. The van der Waals surface area contributed by atoms with E-state index < -0.39 is 0 Å². The first-order chi connectivity index (χ1) is 11.3. The minimum absolute atomic E-state index is 0.709. The molecule has 2 rings (SSSR count). The lowest BCUT2D eigenvalue weighted by molar-refractivity contribution is 0.316. The normalized spacial score (nSPS) is 18.3. The van der Waals surface area contributed by atoms with Crippen LogP contribution in [0.25, 0.3) is 0 Å². The molecule has 2 aliphatic rings. The highest BCUT2D eigenvalue weighted by Crippen LogP contribution is 2.17. The van der Waals surface area contributed by atoms with Crippen LogP contribution in [-0.2, 0) is 4.74 Å². The molecule has 0 bridgehead atoms. The number of rotatable bonds is 11. The van der Waals surface area contributed by atoms with Crippen molar-refractivity contribution in [3.8, 4) is 0 Å². The van der Waals surface area contributed by atoms with E-state index in [2.05, 4.69) is 29.1 Å². The van der Waals surface area contributed by atoms with E-state index in [-0.39, 0.29) is 0 Å².